The third-order valence-electron chi connectivity index (χ3n) is 3.29. The van der Waals surface area contributed by atoms with Crippen LogP contribution in [0.2, 0.25) is 0 Å². The van der Waals surface area contributed by atoms with Gasteiger partial charge in [0.05, 0.1) is 6.26 Å². The lowest BCUT2D eigenvalue weighted by Gasteiger charge is -2.34. The Labute approximate surface area is 122 Å². The van der Waals surface area contributed by atoms with E-state index in [4.69, 9.17) is 0 Å². The van der Waals surface area contributed by atoms with E-state index >= 15 is 0 Å². The molecular formula is C10H24N4O4S2. The normalized spacial score (nSPS) is 19.6. The van der Waals surface area contributed by atoms with Crippen molar-refractivity contribution < 1.29 is 16.8 Å². The van der Waals surface area contributed by atoms with E-state index in [1.54, 1.807) is 7.05 Å². The van der Waals surface area contributed by atoms with E-state index in [1.807, 2.05) is 7.05 Å². The molecule has 1 aliphatic heterocycles. The van der Waals surface area contributed by atoms with Crippen LogP contribution in [0.3, 0.4) is 0 Å². The quantitative estimate of drug-likeness (QED) is 0.566. The Balaban J connectivity index is 2.58. The Hall–Kier alpha value is -0.260. The van der Waals surface area contributed by atoms with E-state index in [0.717, 1.165) is 19.2 Å². The van der Waals surface area contributed by atoms with Crippen LogP contribution in [-0.4, -0.2) is 89.4 Å². The minimum Gasteiger partial charge on any atom is -0.320 e. The van der Waals surface area contributed by atoms with Gasteiger partial charge in [0, 0.05) is 39.8 Å². The summed E-state index contributed by atoms with van der Waals surface area (Å²) in [4.78, 5) is 0. The molecule has 0 aromatic carbocycles. The van der Waals surface area contributed by atoms with Crippen LogP contribution in [0.1, 0.15) is 6.42 Å². The molecular weight excluding hydrogens is 304 g/mol. The van der Waals surface area contributed by atoms with Crippen molar-refractivity contribution in [3.63, 3.8) is 0 Å². The Kier molecular flexibility index (Phi) is 6.35. The largest absolute Gasteiger partial charge is 0.320 e. The predicted molar refractivity (Wildman–Crippen MR) is 78.1 cm³/mol. The van der Waals surface area contributed by atoms with E-state index in [0.29, 0.717) is 6.54 Å². The lowest BCUT2D eigenvalue weighted by Crippen LogP contribution is -2.53. The van der Waals surface area contributed by atoms with Gasteiger partial charge in [0.1, 0.15) is 0 Å². The lowest BCUT2D eigenvalue weighted by molar-refractivity contribution is 0.259. The van der Waals surface area contributed by atoms with Crippen LogP contribution in [0.4, 0.5) is 0 Å². The fourth-order valence-corrected chi connectivity index (χ4v) is 4.23. The maximum Gasteiger partial charge on any atom is 0.281 e. The number of piperazine rings is 1. The van der Waals surface area contributed by atoms with Gasteiger partial charge >= 0.3 is 0 Å². The Morgan fingerprint density at radius 1 is 1.05 bits per heavy atom. The Morgan fingerprint density at radius 3 is 2.00 bits per heavy atom. The molecule has 1 N–H and O–H groups in total. The van der Waals surface area contributed by atoms with E-state index in [9.17, 15) is 16.8 Å². The van der Waals surface area contributed by atoms with Crippen molar-refractivity contribution in [2.45, 2.75) is 6.42 Å². The highest BCUT2D eigenvalue weighted by atomic mass is 32.2. The summed E-state index contributed by atoms with van der Waals surface area (Å²) in [6.07, 6.45) is 1.87. The Bertz CT molecular complexity index is 497. The molecule has 1 saturated heterocycles. The maximum atomic E-state index is 12.3. The molecule has 1 heterocycles. The molecule has 0 bridgehead atoms. The molecule has 0 aromatic heterocycles. The molecule has 120 valence electrons. The van der Waals surface area contributed by atoms with Crippen LogP contribution in [0.25, 0.3) is 0 Å². The number of hydrogen-bond acceptors (Lipinski definition) is 5. The van der Waals surface area contributed by atoms with Gasteiger partial charge in [-0.05, 0) is 20.0 Å². The monoisotopic (exact) mass is 328 g/mol. The van der Waals surface area contributed by atoms with Gasteiger partial charge in [-0.3, -0.25) is 0 Å². The predicted octanol–water partition coefficient (Wildman–Crippen LogP) is -1.65. The molecule has 0 aliphatic carbocycles. The molecule has 1 aliphatic rings. The van der Waals surface area contributed by atoms with Crippen molar-refractivity contribution >= 4 is 20.2 Å². The number of sulfonamides is 1. The zero-order chi connectivity index (χ0) is 15.4. The van der Waals surface area contributed by atoms with Crippen molar-refractivity contribution in [2.24, 2.45) is 0 Å². The second-order valence-electron chi connectivity index (χ2n) is 4.85. The summed E-state index contributed by atoms with van der Waals surface area (Å²) >= 11 is 0. The van der Waals surface area contributed by atoms with Crippen molar-refractivity contribution in [2.75, 3.05) is 59.6 Å². The van der Waals surface area contributed by atoms with Gasteiger partial charge in [0.2, 0.25) is 10.0 Å². The summed E-state index contributed by atoms with van der Waals surface area (Å²) in [5, 5.41) is 2.97. The number of hydrogen-bond donors (Lipinski definition) is 1. The van der Waals surface area contributed by atoms with Crippen LogP contribution in [0.15, 0.2) is 0 Å². The standard InChI is InChI=1S/C10H24N4O4S2/c1-11-5-4-6-12(2)20(17,18)14-9-7-13(8-10-14)19(3,15)16/h11H,4-10H2,1-3H3. The highest BCUT2D eigenvalue weighted by Gasteiger charge is 2.32. The highest BCUT2D eigenvalue weighted by molar-refractivity contribution is 7.88. The number of nitrogens with one attached hydrogen (secondary N) is 1. The molecule has 0 unspecified atom stereocenters. The van der Waals surface area contributed by atoms with Gasteiger partial charge in [0.25, 0.3) is 10.2 Å². The molecule has 0 radical (unpaired) electrons. The third kappa shape index (κ3) is 4.64. The summed E-state index contributed by atoms with van der Waals surface area (Å²) in [5.41, 5.74) is 0. The number of rotatable bonds is 7. The topological polar surface area (TPSA) is 90.0 Å². The van der Waals surface area contributed by atoms with Crippen molar-refractivity contribution in [3.8, 4) is 0 Å². The minimum absolute atomic E-state index is 0.200. The second kappa shape index (κ2) is 7.14. The van der Waals surface area contributed by atoms with E-state index in [-0.39, 0.29) is 26.2 Å². The average molecular weight is 328 g/mol. The van der Waals surface area contributed by atoms with Crippen molar-refractivity contribution in [1.82, 2.24) is 18.2 Å². The molecule has 0 aromatic rings. The van der Waals surface area contributed by atoms with Gasteiger partial charge < -0.3 is 5.32 Å². The van der Waals surface area contributed by atoms with Gasteiger partial charge in [0.15, 0.2) is 0 Å². The first-order valence-corrected chi connectivity index (χ1v) is 9.75. The van der Waals surface area contributed by atoms with Crippen LogP contribution in [0.5, 0.6) is 0 Å². The third-order valence-corrected chi connectivity index (χ3v) is 6.58. The van der Waals surface area contributed by atoms with Crippen LogP contribution >= 0.6 is 0 Å². The zero-order valence-corrected chi connectivity index (χ0v) is 13.9. The molecule has 10 heteroatoms. The molecule has 0 atom stereocenters. The first-order chi connectivity index (χ1) is 9.19. The molecule has 8 nitrogen and oxygen atoms in total. The van der Waals surface area contributed by atoms with Gasteiger partial charge in [-0.15, -0.1) is 0 Å². The minimum atomic E-state index is -3.49. The maximum absolute atomic E-state index is 12.3. The fourth-order valence-electron chi connectivity index (χ4n) is 2.02. The van der Waals surface area contributed by atoms with Gasteiger partial charge in [-0.1, -0.05) is 0 Å². The summed E-state index contributed by atoms with van der Waals surface area (Å²) < 4.78 is 51.3. The molecule has 0 amide bonds. The first-order valence-electron chi connectivity index (χ1n) is 6.50. The highest BCUT2D eigenvalue weighted by Crippen LogP contribution is 2.12. The smallest absolute Gasteiger partial charge is 0.281 e. The fraction of sp³-hybridized carbons (Fsp3) is 1.00. The van der Waals surface area contributed by atoms with Crippen LogP contribution in [0, 0.1) is 0 Å². The summed E-state index contributed by atoms with van der Waals surface area (Å²) in [6.45, 7) is 2.01. The SMILES string of the molecule is CNCCCN(C)S(=O)(=O)N1CCN(S(C)(=O)=O)CC1. The summed E-state index contributed by atoms with van der Waals surface area (Å²) in [5.74, 6) is 0. The second-order valence-corrected chi connectivity index (χ2v) is 8.87. The first kappa shape index (κ1) is 17.8. The summed E-state index contributed by atoms with van der Waals surface area (Å²) in [7, 11) is -3.37. The van der Waals surface area contributed by atoms with Crippen LogP contribution in [-0.2, 0) is 20.2 Å². The molecule has 1 fully saturated rings. The average Bonchev–Trinajstić information content (AvgIpc) is 2.38. The molecule has 1 rings (SSSR count). The molecule has 0 saturated carbocycles. The lowest BCUT2D eigenvalue weighted by atomic mass is 10.4. The molecule has 0 spiro atoms. The van der Waals surface area contributed by atoms with Crippen molar-refractivity contribution in [3.05, 3.63) is 0 Å². The van der Waals surface area contributed by atoms with Gasteiger partial charge in [-0.25, -0.2) is 8.42 Å². The Morgan fingerprint density at radius 2 is 1.55 bits per heavy atom. The molecule has 20 heavy (non-hydrogen) atoms. The van der Waals surface area contributed by atoms with E-state index in [2.05, 4.69) is 5.32 Å². The zero-order valence-electron chi connectivity index (χ0n) is 12.2. The van der Waals surface area contributed by atoms with Crippen LogP contribution < -0.4 is 5.32 Å². The van der Waals surface area contributed by atoms with Crippen molar-refractivity contribution in [1.29, 1.82) is 0 Å². The van der Waals surface area contributed by atoms with E-state index in [1.165, 1.54) is 12.9 Å². The number of nitrogens with zero attached hydrogens (tertiary/aromatic N) is 3. The van der Waals surface area contributed by atoms with E-state index < -0.39 is 20.2 Å². The van der Waals surface area contributed by atoms with Gasteiger partial charge in [-0.2, -0.15) is 21.3 Å². The summed E-state index contributed by atoms with van der Waals surface area (Å²) in [6, 6.07) is 0.